The van der Waals surface area contributed by atoms with Crippen LogP contribution >= 0.6 is 23.7 Å². The minimum absolute atomic E-state index is 0. The lowest BCUT2D eigenvalue weighted by atomic mass is 10.1. The topological polar surface area (TPSA) is 102 Å². The molecule has 2 rings (SSSR count). The first-order valence-electron chi connectivity index (χ1n) is 7.17. The molecule has 1 unspecified atom stereocenters. The molecule has 0 saturated carbocycles. The van der Waals surface area contributed by atoms with Crippen LogP contribution in [0, 0.1) is 5.82 Å². The van der Waals surface area contributed by atoms with Crippen molar-refractivity contribution in [2.45, 2.75) is 18.9 Å². The fourth-order valence-corrected chi connectivity index (χ4v) is 3.47. The number of hydrogen-bond acceptors (Lipinski definition) is 6. The number of amides is 1. The van der Waals surface area contributed by atoms with Crippen molar-refractivity contribution in [1.29, 1.82) is 0 Å². The van der Waals surface area contributed by atoms with Gasteiger partial charge in [-0.3, -0.25) is 4.79 Å². The zero-order valence-electron chi connectivity index (χ0n) is 13.4. The van der Waals surface area contributed by atoms with Gasteiger partial charge in [0.1, 0.15) is 15.7 Å². The molecule has 0 fully saturated rings. The molecule has 0 aliphatic heterocycles. The van der Waals surface area contributed by atoms with Gasteiger partial charge < -0.3 is 11.1 Å². The van der Waals surface area contributed by atoms with E-state index in [1.54, 1.807) is 24.4 Å². The van der Waals surface area contributed by atoms with E-state index >= 15 is 0 Å². The van der Waals surface area contributed by atoms with Crippen LogP contribution in [0.2, 0.25) is 0 Å². The van der Waals surface area contributed by atoms with Crippen molar-refractivity contribution >= 4 is 44.6 Å². The Labute approximate surface area is 156 Å². The predicted octanol–water partition coefficient (Wildman–Crippen LogP) is 2.00. The van der Waals surface area contributed by atoms with Gasteiger partial charge in [-0.25, -0.2) is 17.8 Å². The molecule has 0 radical (unpaired) electrons. The number of thiazole rings is 1. The molecule has 1 aromatic heterocycles. The molecule has 0 aliphatic rings. The van der Waals surface area contributed by atoms with Gasteiger partial charge in [-0.2, -0.15) is 0 Å². The van der Waals surface area contributed by atoms with Crippen LogP contribution in [0.4, 0.5) is 9.52 Å². The number of rotatable bonds is 7. The molecule has 138 valence electrons. The lowest BCUT2D eigenvalue weighted by molar-refractivity contribution is -0.117. The Morgan fingerprint density at radius 3 is 2.72 bits per heavy atom. The van der Waals surface area contributed by atoms with Crippen LogP contribution in [0.3, 0.4) is 0 Å². The number of halogens is 2. The van der Waals surface area contributed by atoms with Gasteiger partial charge in [-0.1, -0.05) is 18.2 Å². The van der Waals surface area contributed by atoms with E-state index in [1.165, 1.54) is 17.4 Å². The second-order valence-corrected chi connectivity index (χ2v) is 8.79. The van der Waals surface area contributed by atoms with E-state index in [0.717, 1.165) is 11.1 Å². The first-order valence-corrected chi connectivity index (χ1v) is 10.0. The van der Waals surface area contributed by atoms with Crippen molar-refractivity contribution in [2.24, 2.45) is 5.73 Å². The van der Waals surface area contributed by atoms with Crippen LogP contribution in [-0.2, 0) is 21.1 Å². The Morgan fingerprint density at radius 1 is 1.40 bits per heavy atom. The highest BCUT2D eigenvalue weighted by Crippen LogP contribution is 2.22. The van der Waals surface area contributed by atoms with E-state index in [1.807, 2.05) is 0 Å². The minimum Gasteiger partial charge on any atom is -0.320 e. The van der Waals surface area contributed by atoms with Crippen LogP contribution in [0.1, 0.15) is 16.9 Å². The van der Waals surface area contributed by atoms with E-state index in [2.05, 4.69) is 10.3 Å². The zero-order valence-corrected chi connectivity index (χ0v) is 15.9. The van der Waals surface area contributed by atoms with Gasteiger partial charge >= 0.3 is 0 Å². The number of carbonyl (C=O) groups excluding carboxylic acids is 1. The molecule has 25 heavy (non-hydrogen) atoms. The van der Waals surface area contributed by atoms with Gasteiger partial charge in [0, 0.05) is 23.8 Å². The highest BCUT2D eigenvalue weighted by atomic mass is 35.5. The van der Waals surface area contributed by atoms with E-state index in [-0.39, 0.29) is 30.4 Å². The number of sulfone groups is 1. The molecule has 3 N–H and O–H groups in total. The third kappa shape index (κ3) is 7.07. The van der Waals surface area contributed by atoms with Crippen molar-refractivity contribution in [3.63, 3.8) is 0 Å². The number of carbonyl (C=O) groups is 1. The summed E-state index contributed by atoms with van der Waals surface area (Å²) in [6.07, 6.45) is 3.07. The summed E-state index contributed by atoms with van der Waals surface area (Å²) in [6, 6.07) is 5.52. The van der Waals surface area contributed by atoms with E-state index in [9.17, 15) is 17.6 Å². The average Bonchev–Trinajstić information content (AvgIpc) is 2.93. The number of nitrogens with zero attached hydrogens (tertiary/aromatic N) is 1. The predicted molar refractivity (Wildman–Crippen MR) is 99.5 cm³/mol. The molecular weight excluding hydrogens is 389 g/mol. The maximum absolute atomic E-state index is 13.6. The Balaban J connectivity index is 0.00000312. The van der Waals surface area contributed by atoms with Crippen LogP contribution in [-0.4, -0.2) is 37.4 Å². The van der Waals surface area contributed by atoms with E-state index < -0.39 is 21.8 Å². The van der Waals surface area contributed by atoms with Crippen molar-refractivity contribution in [3.8, 4) is 0 Å². The van der Waals surface area contributed by atoms with E-state index in [0.29, 0.717) is 17.1 Å². The lowest BCUT2D eigenvalue weighted by Gasteiger charge is -2.09. The number of anilines is 1. The zero-order chi connectivity index (χ0) is 17.7. The standard InChI is InChI=1S/C15H18FN3O3S2.ClH/c1-24(21,22)7-6-13(17)14(20)19-15-18-9-11(23-15)8-10-4-2-3-5-12(10)16;/h2-5,9,13H,6-8,17H2,1H3,(H,18,19,20);1H. The number of nitrogens with two attached hydrogens (primary N) is 1. The normalized spacial score (nSPS) is 12.3. The molecule has 6 nitrogen and oxygen atoms in total. The molecule has 10 heteroatoms. The quantitative estimate of drug-likeness (QED) is 0.730. The average molecular weight is 408 g/mol. The smallest absolute Gasteiger partial charge is 0.243 e. The van der Waals surface area contributed by atoms with Gasteiger partial charge in [0.15, 0.2) is 5.13 Å². The van der Waals surface area contributed by atoms with Crippen molar-refractivity contribution in [2.75, 3.05) is 17.3 Å². The van der Waals surface area contributed by atoms with Crippen LogP contribution in [0.15, 0.2) is 30.5 Å². The fourth-order valence-electron chi connectivity index (χ4n) is 1.95. The molecule has 1 aromatic carbocycles. The third-order valence-electron chi connectivity index (χ3n) is 3.24. The molecule has 0 bridgehead atoms. The Morgan fingerprint density at radius 2 is 2.08 bits per heavy atom. The summed E-state index contributed by atoms with van der Waals surface area (Å²) in [7, 11) is -3.17. The summed E-state index contributed by atoms with van der Waals surface area (Å²) < 4.78 is 35.8. The van der Waals surface area contributed by atoms with Crippen LogP contribution < -0.4 is 11.1 Å². The Kier molecular flexibility index (Phi) is 7.94. The maximum Gasteiger partial charge on any atom is 0.243 e. The molecule has 1 amide bonds. The number of hydrogen-bond donors (Lipinski definition) is 2. The highest BCUT2D eigenvalue weighted by Gasteiger charge is 2.17. The first-order chi connectivity index (χ1) is 11.2. The maximum atomic E-state index is 13.6. The largest absolute Gasteiger partial charge is 0.320 e. The van der Waals surface area contributed by atoms with E-state index in [4.69, 9.17) is 5.73 Å². The van der Waals surface area contributed by atoms with Crippen molar-refractivity contribution in [1.82, 2.24) is 4.98 Å². The Hall–Kier alpha value is -1.55. The van der Waals surface area contributed by atoms with Crippen molar-refractivity contribution < 1.29 is 17.6 Å². The summed E-state index contributed by atoms with van der Waals surface area (Å²) in [5, 5.41) is 2.90. The summed E-state index contributed by atoms with van der Waals surface area (Å²) in [4.78, 5) is 16.8. The number of nitrogens with one attached hydrogen (secondary N) is 1. The fraction of sp³-hybridized carbons (Fsp3) is 0.333. The number of benzene rings is 1. The van der Waals surface area contributed by atoms with Gasteiger partial charge in [-0.15, -0.1) is 23.7 Å². The highest BCUT2D eigenvalue weighted by molar-refractivity contribution is 7.90. The monoisotopic (exact) mass is 407 g/mol. The molecule has 0 spiro atoms. The molecule has 1 atom stereocenters. The molecular formula is C15H19ClFN3O3S2. The summed E-state index contributed by atoms with van der Waals surface area (Å²) in [6.45, 7) is 0. The summed E-state index contributed by atoms with van der Waals surface area (Å²) >= 11 is 1.22. The molecule has 0 aliphatic carbocycles. The minimum atomic E-state index is -3.17. The summed E-state index contributed by atoms with van der Waals surface area (Å²) in [5.41, 5.74) is 6.22. The number of aromatic nitrogens is 1. The van der Waals surface area contributed by atoms with Crippen molar-refractivity contribution in [3.05, 3.63) is 46.7 Å². The molecule has 1 heterocycles. The van der Waals surface area contributed by atoms with Gasteiger partial charge in [0.2, 0.25) is 5.91 Å². The third-order valence-corrected chi connectivity index (χ3v) is 5.13. The van der Waals surface area contributed by atoms with Gasteiger partial charge in [0.25, 0.3) is 0 Å². The van der Waals surface area contributed by atoms with Gasteiger partial charge in [-0.05, 0) is 18.1 Å². The summed E-state index contributed by atoms with van der Waals surface area (Å²) in [5.74, 6) is -0.942. The van der Waals surface area contributed by atoms with Crippen LogP contribution in [0.5, 0.6) is 0 Å². The first kappa shape index (κ1) is 21.5. The second kappa shape index (κ2) is 9.23. The molecule has 0 saturated heterocycles. The van der Waals surface area contributed by atoms with Crippen LogP contribution in [0.25, 0.3) is 0 Å². The lowest BCUT2D eigenvalue weighted by Crippen LogP contribution is -2.37. The Bertz CT molecular complexity index is 827. The SMILES string of the molecule is CS(=O)(=O)CCC(N)C(=O)Nc1ncc(Cc2ccccc2F)s1.Cl. The molecule has 2 aromatic rings. The second-order valence-electron chi connectivity index (χ2n) is 5.41. The van der Waals surface area contributed by atoms with Gasteiger partial charge in [0.05, 0.1) is 11.8 Å².